The first kappa shape index (κ1) is 26.8. The summed E-state index contributed by atoms with van der Waals surface area (Å²) in [4.78, 5) is 27.3. The van der Waals surface area contributed by atoms with Gasteiger partial charge in [-0.15, -0.1) is 0 Å². The molecule has 1 saturated heterocycles. The van der Waals surface area contributed by atoms with Crippen molar-refractivity contribution in [3.8, 4) is 22.9 Å². The predicted octanol–water partition coefficient (Wildman–Crippen LogP) is 4.31. The first-order valence-electron chi connectivity index (χ1n) is 12.6. The smallest absolute Gasteiger partial charge is 0.408 e. The number of carbonyl (C=O) groups excluding carboxylic acids is 2. The van der Waals surface area contributed by atoms with Gasteiger partial charge in [-0.05, 0) is 64.3 Å². The van der Waals surface area contributed by atoms with Crippen LogP contribution in [-0.4, -0.2) is 59.6 Å². The van der Waals surface area contributed by atoms with Crippen LogP contribution >= 0.6 is 0 Å². The summed E-state index contributed by atoms with van der Waals surface area (Å²) < 4.78 is 17.8. The van der Waals surface area contributed by atoms with Crippen molar-refractivity contribution in [2.45, 2.75) is 51.7 Å². The van der Waals surface area contributed by atoms with Crippen LogP contribution in [0.4, 0.5) is 10.5 Å². The summed E-state index contributed by atoms with van der Waals surface area (Å²) in [5, 5.41) is 16.7. The number of pyridine rings is 1. The van der Waals surface area contributed by atoms with E-state index in [0.29, 0.717) is 43.9 Å². The highest BCUT2D eigenvalue weighted by molar-refractivity contribution is 5.87. The number of anilines is 1. The van der Waals surface area contributed by atoms with Crippen molar-refractivity contribution < 1.29 is 23.8 Å². The van der Waals surface area contributed by atoms with Gasteiger partial charge in [0.05, 0.1) is 37.2 Å². The largest absolute Gasteiger partial charge is 0.492 e. The molecule has 4 rings (SSSR count). The maximum atomic E-state index is 12.7. The number of alkyl carbamates (subject to hydrolysis) is 1. The molecule has 1 aliphatic rings. The quantitative estimate of drug-likeness (QED) is 0.479. The summed E-state index contributed by atoms with van der Waals surface area (Å²) in [5.41, 5.74) is 2.14. The van der Waals surface area contributed by atoms with Gasteiger partial charge in [-0.2, -0.15) is 10.4 Å². The standard InChI is InChI=1S/C28H33N5O5/c1-6-37-22-15-23(24-20(16-29)17-30-33(24)18-22)19-7-9-21(10-8-19)32-13-11-28(12-14-32,25(34)36-5)31-26(35)38-27(2,3)4/h7-10,15,17-18H,6,11-14H2,1-5H3,(H,31,35). The fraction of sp³-hybridized carbons (Fsp3) is 0.429. The van der Waals surface area contributed by atoms with Gasteiger partial charge in [0.1, 0.15) is 23.0 Å². The van der Waals surface area contributed by atoms with Crippen LogP contribution in [0.15, 0.2) is 42.7 Å². The van der Waals surface area contributed by atoms with Gasteiger partial charge < -0.3 is 24.4 Å². The lowest BCUT2D eigenvalue weighted by molar-refractivity contribution is -0.149. The number of aromatic nitrogens is 2. The lowest BCUT2D eigenvalue weighted by atomic mass is 9.87. The van der Waals surface area contributed by atoms with Crippen molar-refractivity contribution in [3.05, 3.63) is 48.3 Å². The maximum Gasteiger partial charge on any atom is 0.408 e. The van der Waals surface area contributed by atoms with E-state index in [1.54, 1.807) is 37.7 Å². The molecule has 1 N–H and O–H groups in total. The number of nitrogens with one attached hydrogen (secondary N) is 1. The van der Waals surface area contributed by atoms with Gasteiger partial charge in [-0.1, -0.05) is 12.1 Å². The van der Waals surface area contributed by atoms with Gasteiger partial charge in [-0.25, -0.2) is 14.1 Å². The van der Waals surface area contributed by atoms with E-state index in [9.17, 15) is 14.9 Å². The third-order valence-electron chi connectivity index (χ3n) is 6.49. The van der Waals surface area contributed by atoms with Crippen molar-refractivity contribution in [1.82, 2.24) is 14.9 Å². The van der Waals surface area contributed by atoms with Gasteiger partial charge in [0.25, 0.3) is 0 Å². The minimum Gasteiger partial charge on any atom is -0.492 e. The Kier molecular flexibility index (Phi) is 7.49. The number of amides is 1. The van der Waals surface area contributed by atoms with Crippen molar-refractivity contribution in [3.63, 3.8) is 0 Å². The SMILES string of the molecule is CCOc1cc(-c2ccc(N3CCC(NC(=O)OC(C)(C)C)(C(=O)OC)CC3)cc2)c2c(C#N)cnn2c1. The molecule has 38 heavy (non-hydrogen) atoms. The van der Waals surface area contributed by atoms with Crippen LogP contribution in [0.1, 0.15) is 46.1 Å². The fourth-order valence-corrected chi connectivity index (χ4v) is 4.72. The molecule has 0 bridgehead atoms. The van der Waals surface area contributed by atoms with Gasteiger partial charge in [-0.3, -0.25) is 0 Å². The lowest BCUT2D eigenvalue weighted by Gasteiger charge is -2.41. The van der Waals surface area contributed by atoms with E-state index in [-0.39, 0.29) is 0 Å². The number of methoxy groups -OCH3 is 1. The summed E-state index contributed by atoms with van der Waals surface area (Å²) >= 11 is 0. The molecule has 0 spiro atoms. The molecule has 2 aromatic heterocycles. The number of rotatable bonds is 6. The number of hydrogen-bond donors (Lipinski definition) is 1. The second-order valence-electron chi connectivity index (χ2n) is 10.2. The average molecular weight is 520 g/mol. The number of piperidine rings is 1. The molecule has 0 radical (unpaired) electrons. The van der Waals surface area contributed by atoms with Crippen LogP contribution in [0, 0.1) is 11.3 Å². The van der Waals surface area contributed by atoms with E-state index >= 15 is 0 Å². The van der Waals surface area contributed by atoms with E-state index in [2.05, 4.69) is 21.4 Å². The molecule has 0 saturated carbocycles. The van der Waals surface area contributed by atoms with Crippen LogP contribution < -0.4 is 15.0 Å². The average Bonchev–Trinajstić information content (AvgIpc) is 3.30. The molecule has 1 amide bonds. The number of nitrogens with zero attached hydrogens (tertiary/aromatic N) is 4. The molecular formula is C28H33N5O5. The zero-order valence-electron chi connectivity index (χ0n) is 22.4. The summed E-state index contributed by atoms with van der Waals surface area (Å²) in [5.74, 6) is 0.185. The van der Waals surface area contributed by atoms with Crippen molar-refractivity contribution in [2.24, 2.45) is 0 Å². The normalized spacial score (nSPS) is 15.0. The third kappa shape index (κ3) is 5.52. The highest BCUT2D eigenvalue weighted by Crippen LogP contribution is 2.33. The summed E-state index contributed by atoms with van der Waals surface area (Å²) in [6.45, 7) is 8.83. The molecule has 10 nitrogen and oxygen atoms in total. The van der Waals surface area contributed by atoms with Crippen LogP contribution in [-0.2, 0) is 14.3 Å². The maximum absolute atomic E-state index is 12.7. The zero-order valence-corrected chi connectivity index (χ0v) is 22.4. The minimum atomic E-state index is -1.14. The van der Waals surface area contributed by atoms with Gasteiger partial charge in [0.15, 0.2) is 0 Å². The molecule has 1 aliphatic heterocycles. The molecule has 0 unspecified atom stereocenters. The molecule has 3 heterocycles. The monoisotopic (exact) mass is 519 g/mol. The third-order valence-corrected chi connectivity index (χ3v) is 6.49. The van der Waals surface area contributed by atoms with E-state index in [4.69, 9.17) is 14.2 Å². The van der Waals surface area contributed by atoms with Gasteiger partial charge in [0.2, 0.25) is 0 Å². The van der Waals surface area contributed by atoms with Crippen LogP contribution in [0.2, 0.25) is 0 Å². The first-order chi connectivity index (χ1) is 18.1. The van der Waals surface area contributed by atoms with E-state index in [1.165, 1.54) is 7.11 Å². The van der Waals surface area contributed by atoms with E-state index in [1.807, 2.05) is 37.3 Å². The number of hydrogen-bond acceptors (Lipinski definition) is 8. The molecule has 1 aromatic carbocycles. The Morgan fingerprint density at radius 2 is 1.87 bits per heavy atom. The van der Waals surface area contributed by atoms with Crippen molar-refractivity contribution in [2.75, 3.05) is 31.7 Å². The van der Waals surface area contributed by atoms with Crippen LogP contribution in [0.5, 0.6) is 5.75 Å². The second kappa shape index (κ2) is 10.6. The zero-order chi connectivity index (χ0) is 27.5. The Bertz CT molecular complexity index is 1360. The Morgan fingerprint density at radius 1 is 1.18 bits per heavy atom. The topological polar surface area (TPSA) is 118 Å². The molecule has 3 aromatic rings. The van der Waals surface area contributed by atoms with Crippen molar-refractivity contribution >= 4 is 23.3 Å². The molecule has 0 aliphatic carbocycles. The molecule has 1 fully saturated rings. The number of esters is 1. The number of nitriles is 1. The van der Waals surface area contributed by atoms with Gasteiger partial charge >= 0.3 is 12.1 Å². The highest BCUT2D eigenvalue weighted by Gasteiger charge is 2.44. The molecule has 10 heteroatoms. The Balaban J connectivity index is 1.55. The van der Waals surface area contributed by atoms with Crippen LogP contribution in [0.25, 0.3) is 16.6 Å². The number of carbonyl (C=O) groups is 2. The van der Waals surface area contributed by atoms with E-state index in [0.717, 1.165) is 22.3 Å². The Labute approximate surface area is 222 Å². The predicted molar refractivity (Wildman–Crippen MR) is 142 cm³/mol. The molecule has 200 valence electrons. The van der Waals surface area contributed by atoms with E-state index < -0.39 is 23.2 Å². The second-order valence-corrected chi connectivity index (χ2v) is 10.2. The van der Waals surface area contributed by atoms with Gasteiger partial charge in [0, 0.05) is 24.3 Å². The number of benzene rings is 1. The van der Waals surface area contributed by atoms with Crippen molar-refractivity contribution in [1.29, 1.82) is 5.26 Å². The Morgan fingerprint density at radius 3 is 2.45 bits per heavy atom. The molecular weight excluding hydrogens is 486 g/mol. The highest BCUT2D eigenvalue weighted by atomic mass is 16.6. The van der Waals surface area contributed by atoms with Crippen LogP contribution in [0.3, 0.4) is 0 Å². The first-order valence-corrected chi connectivity index (χ1v) is 12.6. The number of ether oxygens (including phenoxy) is 3. The minimum absolute atomic E-state index is 0.374. The molecule has 0 atom stereocenters. The Hall–Kier alpha value is -4.26. The summed E-state index contributed by atoms with van der Waals surface area (Å²) in [6.07, 6.45) is 3.43. The summed E-state index contributed by atoms with van der Waals surface area (Å²) in [7, 11) is 1.32. The fourth-order valence-electron chi connectivity index (χ4n) is 4.72. The number of fused-ring (bicyclic) bond motifs is 1. The lowest BCUT2D eigenvalue weighted by Crippen LogP contribution is -2.61. The summed E-state index contributed by atoms with van der Waals surface area (Å²) in [6, 6.07) is 12.1.